The van der Waals surface area contributed by atoms with Gasteiger partial charge >= 0.3 is 6.36 Å². The first-order valence-corrected chi connectivity index (χ1v) is 7.52. The van der Waals surface area contributed by atoms with E-state index in [1.54, 1.807) is 6.08 Å². The van der Waals surface area contributed by atoms with Gasteiger partial charge < -0.3 is 10.1 Å². The first-order chi connectivity index (χ1) is 11.4. The molecule has 0 saturated heterocycles. The maximum atomic E-state index is 12.1. The van der Waals surface area contributed by atoms with Crippen LogP contribution in [-0.2, 0) is 4.79 Å². The van der Waals surface area contributed by atoms with Crippen LogP contribution >= 0.6 is 11.8 Å². The van der Waals surface area contributed by atoms with Gasteiger partial charge in [0.2, 0.25) is 11.1 Å². The van der Waals surface area contributed by atoms with Crippen LogP contribution in [0.15, 0.2) is 42.1 Å². The molecule has 2 aromatic rings. The monoisotopic (exact) mass is 359 g/mol. The van der Waals surface area contributed by atoms with Gasteiger partial charge in [-0.15, -0.1) is 24.8 Å². The predicted molar refractivity (Wildman–Crippen MR) is 79.8 cm³/mol. The van der Waals surface area contributed by atoms with E-state index in [-0.39, 0.29) is 17.4 Å². The zero-order chi connectivity index (χ0) is 17.6. The number of tetrazole rings is 1. The van der Waals surface area contributed by atoms with Gasteiger partial charge in [0, 0.05) is 6.54 Å². The lowest BCUT2D eigenvalue weighted by atomic mass is 10.3. The Morgan fingerprint density at radius 3 is 2.71 bits per heavy atom. The number of carbonyl (C=O) groups is 1. The molecule has 1 amide bonds. The van der Waals surface area contributed by atoms with E-state index in [0.717, 1.165) is 23.9 Å². The van der Waals surface area contributed by atoms with Crippen LogP contribution < -0.4 is 10.1 Å². The fourth-order valence-corrected chi connectivity index (χ4v) is 2.31. The fourth-order valence-electron chi connectivity index (χ4n) is 1.59. The highest BCUT2D eigenvalue weighted by Gasteiger charge is 2.31. The van der Waals surface area contributed by atoms with Crippen LogP contribution in [0.5, 0.6) is 5.75 Å². The third-order valence-electron chi connectivity index (χ3n) is 2.53. The topological polar surface area (TPSA) is 81.9 Å². The molecule has 24 heavy (non-hydrogen) atoms. The summed E-state index contributed by atoms with van der Waals surface area (Å²) in [4.78, 5) is 11.5. The van der Waals surface area contributed by atoms with Gasteiger partial charge in [0.15, 0.2) is 0 Å². The minimum atomic E-state index is -4.75. The molecule has 1 aromatic carbocycles. The highest BCUT2D eigenvalue weighted by Crippen LogP contribution is 2.24. The summed E-state index contributed by atoms with van der Waals surface area (Å²) >= 11 is 1.09. The number of hydrogen-bond donors (Lipinski definition) is 1. The van der Waals surface area contributed by atoms with Crippen molar-refractivity contribution >= 4 is 17.7 Å². The first kappa shape index (κ1) is 17.8. The van der Waals surface area contributed by atoms with Crippen molar-refractivity contribution in [3.63, 3.8) is 0 Å². The van der Waals surface area contributed by atoms with Crippen molar-refractivity contribution < 1.29 is 22.7 Å². The van der Waals surface area contributed by atoms with Crippen molar-refractivity contribution in [3.8, 4) is 11.4 Å². The number of carbonyl (C=O) groups excluding carboxylic acids is 1. The molecule has 1 N–H and O–H groups in total. The van der Waals surface area contributed by atoms with Gasteiger partial charge in [-0.25, -0.2) is 0 Å². The number of amides is 1. The molecule has 0 bridgehead atoms. The number of benzene rings is 1. The predicted octanol–water partition coefficient (Wildman–Crippen LogP) is 1.96. The van der Waals surface area contributed by atoms with Crippen LogP contribution in [-0.4, -0.2) is 44.8 Å². The van der Waals surface area contributed by atoms with Crippen LogP contribution in [0.25, 0.3) is 5.69 Å². The van der Waals surface area contributed by atoms with E-state index in [1.165, 1.54) is 16.8 Å². The summed E-state index contributed by atoms with van der Waals surface area (Å²) in [6.07, 6.45) is -3.20. The van der Waals surface area contributed by atoms with Crippen molar-refractivity contribution in [1.82, 2.24) is 25.5 Å². The Bertz CT molecular complexity index is 702. The first-order valence-electron chi connectivity index (χ1n) is 6.54. The third-order valence-corrected chi connectivity index (χ3v) is 3.45. The molecule has 0 radical (unpaired) electrons. The number of ether oxygens (including phenoxy) is 1. The molecule has 128 valence electrons. The smallest absolute Gasteiger partial charge is 0.406 e. The Hall–Kier alpha value is -2.56. The summed E-state index contributed by atoms with van der Waals surface area (Å²) in [6, 6.07) is 5.05. The Kier molecular flexibility index (Phi) is 5.79. The lowest BCUT2D eigenvalue weighted by Crippen LogP contribution is -2.25. The van der Waals surface area contributed by atoms with E-state index >= 15 is 0 Å². The van der Waals surface area contributed by atoms with E-state index in [4.69, 9.17) is 0 Å². The maximum absolute atomic E-state index is 12.1. The van der Waals surface area contributed by atoms with Crippen molar-refractivity contribution in [2.24, 2.45) is 0 Å². The Balaban J connectivity index is 2.04. The van der Waals surface area contributed by atoms with Gasteiger partial charge in [-0.1, -0.05) is 17.8 Å². The average molecular weight is 359 g/mol. The molecule has 0 spiro atoms. The molecule has 11 heteroatoms. The third kappa shape index (κ3) is 5.26. The summed E-state index contributed by atoms with van der Waals surface area (Å²) in [5.41, 5.74) is 0.434. The molecule has 0 aliphatic heterocycles. The normalized spacial score (nSPS) is 11.1. The fraction of sp³-hybridized carbons (Fsp3) is 0.231. The van der Waals surface area contributed by atoms with Crippen molar-refractivity contribution in [2.75, 3.05) is 12.3 Å². The van der Waals surface area contributed by atoms with Crippen molar-refractivity contribution in [2.45, 2.75) is 11.5 Å². The van der Waals surface area contributed by atoms with E-state index in [2.05, 4.69) is 32.2 Å². The molecule has 2 rings (SSSR count). The quantitative estimate of drug-likeness (QED) is 0.601. The zero-order valence-corrected chi connectivity index (χ0v) is 13.0. The molecular formula is C13H12F3N5O2S. The van der Waals surface area contributed by atoms with Crippen LogP contribution in [0.2, 0.25) is 0 Å². The number of hydrogen-bond acceptors (Lipinski definition) is 6. The number of alkyl halides is 3. The van der Waals surface area contributed by atoms with Gasteiger partial charge in [0.25, 0.3) is 0 Å². The Labute approximate surface area is 138 Å². The molecule has 0 aliphatic carbocycles. The van der Waals surface area contributed by atoms with E-state index < -0.39 is 6.36 Å². The molecule has 0 atom stereocenters. The number of nitrogens with one attached hydrogen (secondary N) is 1. The minimum Gasteiger partial charge on any atom is -0.406 e. The molecule has 7 nitrogen and oxygen atoms in total. The van der Waals surface area contributed by atoms with E-state index in [9.17, 15) is 18.0 Å². The Morgan fingerprint density at radius 2 is 2.08 bits per heavy atom. The van der Waals surface area contributed by atoms with Gasteiger partial charge in [0.05, 0.1) is 11.4 Å². The van der Waals surface area contributed by atoms with Gasteiger partial charge in [-0.05, 0) is 34.7 Å². The summed E-state index contributed by atoms with van der Waals surface area (Å²) in [5.74, 6) is -0.482. The van der Waals surface area contributed by atoms with Crippen LogP contribution in [0.4, 0.5) is 13.2 Å². The summed E-state index contributed by atoms with van der Waals surface area (Å²) in [5, 5.41) is 14.0. The Morgan fingerprint density at radius 1 is 1.38 bits per heavy atom. The van der Waals surface area contributed by atoms with Crippen molar-refractivity contribution in [1.29, 1.82) is 0 Å². The summed E-state index contributed by atoms with van der Waals surface area (Å²) in [6.45, 7) is 3.84. The lowest BCUT2D eigenvalue weighted by Gasteiger charge is -2.09. The van der Waals surface area contributed by atoms with Crippen LogP contribution in [0, 0.1) is 0 Å². The highest BCUT2D eigenvalue weighted by molar-refractivity contribution is 7.99. The van der Waals surface area contributed by atoms with Crippen molar-refractivity contribution in [3.05, 3.63) is 36.9 Å². The molecule has 0 unspecified atom stereocenters. The SMILES string of the molecule is C=CCNC(=O)CSc1nnnn1-c1ccc(OC(F)(F)F)cc1. The number of halogens is 3. The highest BCUT2D eigenvalue weighted by atomic mass is 32.2. The number of aromatic nitrogens is 4. The second kappa shape index (κ2) is 7.81. The summed E-state index contributed by atoms with van der Waals surface area (Å²) < 4.78 is 41.5. The van der Waals surface area contributed by atoms with Crippen LogP contribution in [0.1, 0.15) is 0 Å². The zero-order valence-electron chi connectivity index (χ0n) is 12.2. The largest absolute Gasteiger partial charge is 0.573 e. The lowest BCUT2D eigenvalue weighted by molar-refractivity contribution is -0.274. The molecule has 0 saturated carbocycles. The number of nitrogens with zero attached hydrogens (tertiary/aromatic N) is 4. The second-order valence-electron chi connectivity index (χ2n) is 4.30. The van der Waals surface area contributed by atoms with Crippen LogP contribution in [0.3, 0.4) is 0 Å². The molecule has 0 fully saturated rings. The van der Waals surface area contributed by atoms with Gasteiger partial charge in [-0.2, -0.15) is 4.68 Å². The minimum absolute atomic E-state index is 0.0868. The number of rotatable bonds is 7. The second-order valence-corrected chi connectivity index (χ2v) is 5.24. The maximum Gasteiger partial charge on any atom is 0.573 e. The molecular weight excluding hydrogens is 347 g/mol. The average Bonchev–Trinajstić information content (AvgIpc) is 2.98. The number of thioether (sulfide) groups is 1. The molecule has 1 aromatic heterocycles. The molecule has 1 heterocycles. The standard InChI is InChI=1S/C13H12F3N5O2S/c1-2-7-17-11(22)8-24-12-18-19-20-21(12)9-3-5-10(6-4-9)23-13(14,15)16/h2-6H,1,7-8H2,(H,17,22). The van der Waals surface area contributed by atoms with Gasteiger partial charge in [-0.3, -0.25) is 4.79 Å². The van der Waals surface area contributed by atoms with E-state index in [1.807, 2.05) is 0 Å². The molecule has 0 aliphatic rings. The van der Waals surface area contributed by atoms with E-state index in [0.29, 0.717) is 17.4 Å². The van der Waals surface area contributed by atoms with Gasteiger partial charge in [0.1, 0.15) is 5.75 Å². The summed E-state index contributed by atoms with van der Waals surface area (Å²) in [7, 11) is 0.